The Bertz CT molecular complexity index is 1290. The van der Waals surface area contributed by atoms with E-state index < -0.39 is 11.9 Å². The lowest BCUT2D eigenvalue weighted by atomic mass is 9.80. The van der Waals surface area contributed by atoms with Crippen LogP contribution < -0.4 is 4.57 Å². The van der Waals surface area contributed by atoms with Gasteiger partial charge in [-0.05, 0) is 45.3 Å². The number of aromatic nitrogens is 4. The van der Waals surface area contributed by atoms with Crippen molar-refractivity contribution in [3.63, 3.8) is 0 Å². The normalized spacial score (nSPS) is 12.1. The van der Waals surface area contributed by atoms with Gasteiger partial charge >= 0.3 is 0 Å². The van der Waals surface area contributed by atoms with Crippen LogP contribution >= 0.6 is 0 Å². The van der Waals surface area contributed by atoms with Crippen molar-refractivity contribution in [2.24, 2.45) is 7.05 Å². The van der Waals surface area contributed by atoms with E-state index in [0.717, 1.165) is 16.5 Å². The van der Waals surface area contributed by atoms with Crippen molar-refractivity contribution in [3.05, 3.63) is 59.2 Å². The molecule has 0 amide bonds. The van der Waals surface area contributed by atoms with Gasteiger partial charge in [-0.15, -0.1) is 0 Å². The van der Waals surface area contributed by atoms with Crippen LogP contribution in [-0.2, 0) is 12.5 Å². The Morgan fingerprint density at radius 1 is 0.897 bits per heavy atom. The largest absolute Gasteiger partial charge is 0.299 e. The van der Waals surface area contributed by atoms with Crippen LogP contribution in [0.3, 0.4) is 0 Å². The van der Waals surface area contributed by atoms with Gasteiger partial charge in [0.05, 0.1) is 7.05 Å². The van der Waals surface area contributed by atoms with Gasteiger partial charge in [0.25, 0.3) is 23.4 Å². The summed E-state index contributed by atoms with van der Waals surface area (Å²) in [6.07, 6.45) is 0. The summed E-state index contributed by atoms with van der Waals surface area (Å²) in [4.78, 5) is 11.9. The maximum atomic E-state index is 14.0. The first-order valence-corrected chi connectivity index (χ1v) is 9.52. The van der Waals surface area contributed by atoms with Crippen LogP contribution in [0.4, 0.5) is 8.78 Å². The van der Waals surface area contributed by atoms with Gasteiger partial charge in [0.15, 0.2) is 11.2 Å². The molecule has 0 radical (unpaired) electrons. The van der Waals surface area contributed by atoms with E-state index in [1.54, 1.807) is 0 Å². The maximum absolute atomic E-state index is 14.0. The molecule has 0 spiro atoms. The number of hydrogen-bond acceptors (Lipinski definition) is 3. The fourth-order valence-corrected chi connectivity index (χ4v) is 3.87. The number of benzene rings is 2. The predicted molar refractivity (Wildman–Crippen MR) is 110 cm³/mol. The highest BCUT2D eigenvalue weighted by molar-refractivity contribution is 5.97. The molecule has 4 nitrogen and oxygen atoms in total. The Morgan fingerprint density at radius 2 is 1.52 bits per heavy atom. The van der Waals surface area contributed by atoms with Crippen molar-refractivity contribution in [1.82, 2.24) is 15.0 Å². The van der Waals surface area contributed by atoms with Gasteiger partial charge in [0.1, 0.15) is 0 Å². The van der Waals surface area contributed by atoms with Gasteiger partial charge in [-0.25, -0.2) is 9.55 Å². The number of nitrogens with zero attached hydrogens (tertiary/aromatic N) is 4. The molecule has 2 heterocycles. The van der Waals surface area contributed by atoms with Crippen LogP contribution in [0.2, 0.25) is 0 Å². The second-order valence-corrected chi connectivity index (χ2v) is 8.44. The van der Waals surface area contributed by atoms with Crippen molar-refractivity contribution in [1.29, 1.82) is 0 Å². The molecule has 0 fully saturated rings. The Morgan fingerprint density at radius 3 is 2.17 bits per heavy atom. The van der Waals surface area contributed by atoms with Gasteiger partial charge < -0.3 is 0 Å². The molecule has 0 N–H and O–H groups in total. The molecule has 0 aliphatic carbocycles. The molecule has 6 heteroatoms. The highest BCUT2D eigenvalue weighted by Crippen LogP contribution is 2.38. The lowest BCUT2D eigenvalue weighted by Gasteiger charge is -2.24. The molecule has 4 aromatic rings. The van der Waals surface area contributed by atoms with E-state index in [9.17, 15) is 8.78 Å². The molecule has 29 heavy (non-hydrogen) atoms. The summed E-state index contributed by atoms with van der Waals surface area (Å²) in [6.45, 7) is 10.3. The summed E-state index contributed by atoms with van der Waals surface area (Å²) < 4.78 is 29.6. The third kappa shape index (κ3) is 3.03. The van der Waals surface area contributed by atoms with Crippen LogP contribution in [0.1, 0.15) is 37.7 Å². The Hall–Kier alpha value is -3.02. The second-order valence-electron chi connectivity index (χ2n) is 8.44. The molecule has 0 saturated carbocycles. The predicted octanol–water partition coefficient (Wildman–Crippen LogP) is 4.86. The quantitative estimate of drug-likeness (QED) is 0.434. The van der Waals surface area contributed by atoms with E-state index in [-0.39, 0.29) is 16.6 Å². The van der Waals surface area contributed by atoms with Crippen LogP contribution in [0.25, 0.3) is 33.2 Å². The van der Waals surface area contributed by atoms with Crippen molar-refractivity contribution in [2.75, 3.05) is 0 Å². The van der Waals surface area contributed by atoms with Crippen LogP contribution in [0, 0.1) is 25.7 Å². The molecule has 0 unspecified atom stereocenters. The average molecular weight is 393 g/mol. The Kier molecular flexibility index (Phi) is 4.33. The summed E-state index contributed by atoms with van der Waals surface area (Å²) in [7, 11) is 1.85. The third-order valence-electron chi connectivity index (χ3n) is 5.49. The summed E-state index contributed by atoms with van der Waals surface area (Å²) in [5.74, 6) is -1.83. The van der Waals surface area contributed by atoms with Gasteiger partial charge in [0, 0.05) is 12.5 Å². The lowest BCUT2D eigenvalue weighted by molar-refractivity contribution is -0.668. The van der Waals surface area contributed by atoms with Gasteiger partial charge in [-0.3, -0.25) is 0 Å². The van der Waals surface area contributed by atoms with E-state index in [2.05, 4.69) is 53.9 Å². The van der Waals surface area contributed by atoms with Gasteiger partial charge in [0.2, 0.25) is 0 Å². The minimum absolute atomic E-state index is 0.0966. The zero-order chi connectivity index (χ0) is 21.1. The first-order chi connectivity index (χ1) is 13.6. The van der Waals surface area contributed by atoms with E-state index in [0.29, 0.717) is 11.5 Å². The highest BCUT2D eigenvalue weighted by Gasteiger charge is 2.27. The molecule has 2 aromatic carbocycles. The second kappa shape index (κ2) is 6.51. The molecule has 148 valence electrons. The minimum atomic E-state index is -1.24. The van der Waals surface area contributed by atoms with E-state index >= 15 is 0 Å². The van der Waals surface area contributed by atoms with Crippen molar-refractivity contribution in [3.8, 4) is 11.3 Å². The van der Waals surface area contributed by atoms with Crippen molar-refractivity contribution < 1.29 is 13.3 Å². The van der Waals surface area contributed by atoms with Crippen molar-refractivity contribution in [2.45, 2.75) is 40.0 Å². The average Bonchev–Trinajstić information content (AvgIpc) is 2.65. The lowest BCUT2D eigenvalue weighted by Crippen LogP contribution is -2.37. The Labute approximate surface area is 168 Å². The number of rotatable bonds is 1. The SMILES string of the molecule is Cc1c(-c2c3nc(F)c(F)nc3nc(C)[n+]2C)cc(C(C)(C)C)c2ccccc12. The zero-order valence-corrected chi connectivity index (χ0v) is 17.4. The smallest absolute Gasteiger partial charge is 0.228 e. The molecule has 0 saturated heterocycles. The van der Waals surface area contributed by atoms with E-state index in [4.69, 9.17) is 0 Å². The van der Waals surface area contributed by atoms with Crippen LogP contribution in [-0.4, -0.2) is 15.0 Å². The first-order valence-electron chi connectivity index (χ1n) is 9.52. The first kappa shape index (κ1) is 19.3. The highest BCUT2D eigenvalue weighted by atomic mass is 19.2. The fourth-order valence-electron chi connectivity index (χ4n) is 3.87. The van der Waals surface area contributed by atoms with E-state index in [1.165, 1.54) is 10.9 Å². The number of aryl methyl sites for hydroxylation is 2. The topological polar surface area (TPSA) is 42.6 Å². The summed E-state index contributed by atoms with van der Waals surface area (Å²) >= 11 is 0. The fraction of sp³-hybridized carbons (Fsp3) is 0.304. The summed E-state index contributed by atoms with van der Waals surface area (Å²) in [5, 5.41) is 2.30. The van der Waals surface area contributed by atoms with Crippen LogP contribution in [0.5, 0.6) is 0 Å². The minimum Gasteiger partial charge on any atom is -0.228 e. The molecule has 2 aromatic heterocycles. The Balaban J connectivity index is 2.21. The molecule has 0 bridgehead atoms. The third-order valence-corrected chi connectivity index (χ3v) is 5.49. The molecule has 4 rings (SSSR count). The van der Waals surface area contributed by atoms with Gasteiger partial charge in [-0.2, -0.15) is 13.8 Å². The monoisotopic (exact) mass is 393 g/mol. The van der Waals surface area contributed by atoms with E-state index in [1.807, 2.05) is 37.6 Å². The molecule has 0 aliphatic rings. The number of hydrogen-bond donors (Lipinski definition) is 0. The number of halogens is 2. The standard InChI is InChI=1S/C23H23F2N4/c1-12-14-9-7-8-10-15(14)17(23(3,4)5)11-16(12)19-18-22(26-13(2)29(19)6)28-21(25)20(24)27-18/h7-11H,1-6H3/q+1. The van der Waals surface area contributed by atoms with Crippen molar-refractivity contribution >= 4 is 21.9 Å². The zero-order valence-electron chi connectivity index (χ0n) is 17.4. The molecule has 0 atom stereocenters. The van der Waals surface area contributed by atoms with Gasteiger partial charge in [-0.1, -0.05) is 45.0 Å². The molecular formula is C23H23F2N4+. The number of fused-ring (bicyclic) bond motifs is 2. The van der Waals surface area contributed by atoms with Crippen LogP contribution in [0.15, 0.2) is 30.3 Å². The molecular weight excluding hydrogens is 370 g/mol. The molecule has 0 aliphatic heterocycles. The maximum Gasteiger partial charge on any atom is 0.299 e. The summed E-state index contributed by atoms with van der Waals surface area (Å²) in [6, 6.07) is 10.4. The summed E-state index contributed by atoms with van der Waals surface area (Å²) in [5.41, 5.74) is 4.03.